The van der Waals surface area contributed by atoms with E-state index in [9.17, 15) is 4.79 Å². The Hall–Kier alpha value is -1.43. The van der Waals surface area contributed by atoms with Crippen LogP contribution in [0.4, 0.5) is 0 Å². The first-order valence-electron chi connectivity index (χ1n) is 10.5. The maximum atomic E-state index is 12.8. The Morgan fingerprint density at radius 3 is 2.78 bits per heavy atom. The predicted octanol–water partition coefficient (Wildman–Crippen LogP) is 1.67. The molecule has 3 aliphatic heterocycles. The minimum atomic E-state index is -0.0474. The first-order valence-corrected chi connectivity index (χ1v) is 10.5. The van der Waals surface area contributed by atoms with Crippen molar-refractivity contribution < 1.29 is 4.79 Å². The number of rotatable bonds is 4. The zero-order valence-corrected chi connectivity index (χ0v) is 16.8. The third kappa shape index (κ3) is 4.05. The van der Waals surface area contributed by atoms with Crippen LogP contribution in [0.1, 0.15) is 44.2 Å². The van der Waals surface area contributed by atoms with Gasteiger partial charge in [-0.3, -0.25) is 9.69 Å². The fourth-order valence-electron chi connectivity index (χ4n) is 4.99. The summed E-state index contributed by atoms with van der Waals surface area (Å²) in [5.41, 5.74) is 3.18. The van der Waals surface area contributed by atoms with Crippen LogP contribution in [-0.4, -0.2) is 55.1 Å². The standard InChI is InChI=1S/C22H34N4O/c1-21(2,26-12-7-17-5-3-4-6-18(17)14-26)15-25-20(27)19-13-22(16-24-19)8-10-23-11-9-22/h3-6,19,23-24H,7-16H2,1-2H3,(H,25,27)/t19-/m0/s1. The molecule has 1 atom stereocenters. The van der Waals surface area contributed by atoms with E-state index < -0.39 is 0 Å². The van der Waals surface area contributed by atoms with Gasteiger partial charge < -0.3 is 16.0 Å². The molecular weight excluding hydrogens is 336 g/mol. The Bertz CT molecular complexity index is 681. The average molecular weight is 371 g/mol. The molecule has 148 valence electrons. The fourth-order valence-corrected chi connectivity index (χ4v) is 4.99. The summed E-state index contributed by atoms with van der Waals surface area (Å²) in [4.78, 5) is 15.3. The van der Waals surface area contributed by atoms with E-state index in [1.54, 1.807) is 0 Å². The minimum Gasteiger partial charge on any atom is -0.353 e. The lowest BCUT2D eigenvalue weighted by Gasteiger charge is -2.41. The molecular formula is C22H34N4O. The third-order valence-electron chi connectivity index (χ3n) is 7.02. The van der Waals surface area contributed by atoms with E-state index in [1.165, 1.54) is 24.0 Å². The van der Waals surface area contributed by atoms with Gasteiger partial charge in [-0.15, -0.1) is 0 Å². The van der Waals surface area contributed by atoms with Crippen molar-refractivity contribution in [3.8, 4) is 0 Å². The average Bonchev–Trinajstić information content (AvgIpc) is 3.09. The zero-order valence-electron chi connectivity index (χ0n) is 16.8. The van der Waals surface area contributed by atoms with Gasteiger partial charge in [0.15, 0.2) is 0 Å². The van der Waals surface area contributed by atoms with E-state index in [0.29, 0.717) is 12.0 Å². The Kier molecular flexibility index (Phi) is 5.28. The van der Waals surface area contributed by atoms with Crippen LogP contribution < -0.4 is 16.0 Å². The van der Waals surface area contributed by atoms with Crippen LogP contribution in [0.5, 0.6) is 0 Å². The Morgan fingerprint density at radius 2 is 2.00 bits per heavy atom. The van der Waals surface area contributed by atoms with Crippen molar-refractivity contribution in [2.45, 2.75) is 57.7 Å². The third-order valence-corrected chi connectivity index (χ3v) is 7.02. The number of piperidine rings is 1. The van der Waals surface area contributed by atoms with Crippen LogP contribution in [0.2, 0.25) is 0 Å². The van der Waals surface area contributed by atoms with Crippen LogP contribution in [0.25, 0.3) is 0 Å². The summed E-state index contributed by atoms with van der Waals surface area (Å²) in [7, 11) is 0. The molecule has 0 aliphatic carbocycles. The van der Waals surface area contributed by atoms with Crippen molar-refractivity contribution >= 4 is 5.91 Å². The number of hydrogen-bond donors (Lipinski definition) is 3. The Morgan fingerprint density at radius 1 is 1.26 bits per heavy atom. The SMILES string of the molecule is CC(C)(CNC(=O)[C@@H]1CC2(CCNCC2)CN1)N1CCc2ccccc2C1. The van der Waals surface area contributed by atoms with E-state index in [0.717, 1.165) is 45.6 Å². The lowest BCUT2D eigenvalue weighted by Crippen LogP contribution is -2.54. The summed E-state index contributed by atoms with van der Waals surface area (Å²) in [6.07, 6.45) is 4.44. The van der Waals surface area contributed by atoms with E-state index in [-0.39, 0.29) is 17.5 Å². The van der Waals surface area contributed by atoms with Crippen molar-refractivity contribution in [2.75, 3.05) is 32.7 Å². The van der Waals surface area contributed by atoms with E-state index in [2.05, 4.69) is 59.0 Å². The predicted molar refractivity (Wildman–Crippen MR) is 109 cm³/mol. The largest absolute Gasteiger partial charge is 0.353 e. The molecule has 0 aromatic heterocycles. The van der Waals surface area contributed by atoms with E-state index in [1.807, 2.05) is 0 Å². The highest BCUT2D eigenvalue weighted by molar-refractivity contribution is 5.82. The molecule has 3 N–H and O–H groups in total. The summed E-state index contributed by atoms with van der Waals surface area (Å²) >= 11 is 0. The summed E-state index contributed by atoms with van der Waals surface area (Å²) in [6.45, 7) is 10.4. The number of amides is 1. The van der Waals surface area contributed by atoms with Crippen LogP contribution in [-0.2, 0) is 17.8 Å². The molecule has 1 spiro atoms. The van der Waals surface area contributed by atoms with E-state index >= 15 is 0 Å². The molecule has 3 heterocycles. The number of nitrogens with one attached hydrogen (secondary N) is 3. The molecule has 1 aromatic carbocycles. The van der Waals surface area contributed by atoms with Crippen molar-refractivity contribution in [1.82, 2.24) is 20.9 Å². The summed E-state index contributed by atoms with van der Waals surface area (Å²) in [5.74, 6) is 0.177. The van der Waals surface area contributed by atoms with Gasteiger partial charge >= 0.3 is 0 Å². The zero-order chi connectivity index (χ0) is 18.9. The maximum Gasteiger partial charge on any atom is 0.237 e. The van der Waals surface area contributed by atoms with Crippen LogP contribution in [0, 0.1) is 5.41 Å². The molecule has 3 aliphatic rings. The molecule has 1 aromatic rings. The highest BCUT2D eigenvalue weighted by atomic mass is 16.2. The van der Waals surface area contributed by atoms with Crippen molar-refractivity contribution in [3.63, 3.8) is 0 Å². The van der Waals surface area contributed by atoms with Gasteiger partial charge in [0.2, 0.25) is 5.91 Å². The normalized spacial score (nSPS) is 25.3. The van der Waals surface area contributed by atoms with Gasteiger partial charge in [0, 0.05) is 31.7 Å². The molecule has 0 bridgehead atoms. The summed E-state index contributed by atoms with van der Waals surface area (Å²) in [5, 5.41) is 10.2. The molecule has 4 rings (SSSR count). The second-order valence-corrected chi connectivity index (χ2v) is 9.36. The highest BCUT2D eigenvalue weighted by Crippen LogP contribution is 2.37. The molecule has 0 radical (unpaired) electrons. The number of nitrogens with zero attached hydrogens (tertiary/aromatic N) is 1. The van der Waals surface area contributed by atoms with Crippen molar-refractivity contribution in [2.24, 2.45) is 5.41 Å². The van der Waals surface area contributed by atoms with E-state index in [4.69, 9.17) is 0 Å². The number of carbonyl (C=O) groups excluding carboxylic acids is 1. The topological polar surface area (TPSA) is 56.4 Å². The lowest BCUT2D eigenvalue weighted by molar-refractivity contribution is -0.123. The van der Waals surface area contributed by atoms with Gasteiger partial charge in [0.1, 0.15) is 0 Å². The molecule has 0 unspecified atom stereocenters. The van der Waals surface area contributed by atoms with Crippen LogP contribution in [0.3, 0.4) is 0 Å². The highest BCUT2D eigenvalue weighted by Gasteiger charge is 2.42. The number of carbonyl (C=O) groups is 1. The van der Waals surface area contributed by atoms with Crippen LogP contribution >= 0.6 is 0 Å². The Labute approximate surface area is 163 Å². The maximum absolute atomic E-state index is 12.8. The van der Waals surface area contributed by atoms with Crippen molar-refractivity contribution in [3.05, 3.63) is 35.4 Å². The second-order valence-electron chi connectivity index (χ2n) is 9.36. The van der Waals surface area contributed by atoms with Gasteiger partial charge in [0.25, 0.3) is 0 Å². The molecule has 5 heteroatoms. The fraction of sp³-hybridized carbons (Fsp3) is 0.682. The molecule has 2 saturated heterocycles. The molecule has 2 fully saturated rings. The molecule has 1 amide bonds. The lowest BCUT2D eigenvalue weighted by atomic mass is 9.77. The van der Waals surface area contributed by atoms with Gasteiger partial charge in [0.05, 0.1) is 6.04 Å². The second kappa shape index (κ2) is 7.53. The van der Waals surface area contributed by atoms with Crippen LogP contribution in [0.15, 0.2) is 24.3 Å². The first-order chi connectivity index (χ1) is 13.0. The number of hydrogen-bond acceptors (Lipinski definition) is 4. The smallest absolute Gasteiger partial charge is 0.237 e. The molecule has 0 saturated carbocycles. The summed E-state index contributed by atoms with van der Waals surface area (Å²) < 4.78 is 0. The Balaban J connectivity index is 1.31. The first kappa shape index (κ1) is 18.9. The van der Waals surface area contributed by atoms with Gasteiger partial charge in [-0.2, -0.15) is 0 Å². The van der Waals surface area contributed by atoms with Gasteiger partial charge in [-0.1, -0.05) is 24.3 Å². The number of benzene rings is 1. The minimum absolute atomic E-state index is 0.0269. The van der Waals surface area contributed by atoms with Crippen molar-refractivity contribution in [1.29, 1.82) is 0 Å². The molecule has 5 nitrogen and oxygen atoms in total. The molecule has 27 heavy (non-hydrogen) atoms. The summed E-state index contributed by atoms with van der Waals surface area (Å²) in [6, 6.07) is 8.70. The number of fused-ring (bicyclic) bond motifs is 1. The monoisotopic (exact) mass is 370 g/mol. The van der Waals surface area contributed by atoms with Gasteiger partial charge in [-0.25, -0.2) is 0 Å². The van der Waals surface area contributed by atoms with Gasteiger partial charge in [-0.05, 0) is 69.2 Å². The quantitative estimate of drug-likeness (QED) is 0.755.